The van der Waals surface area contributed by atoms with Crippen LogP contribution in [0.5, 0.6) is 17.2 Å². The SMILES string of the molecule is COc1ccc2c(c1)CC1(Cc3cc(OC)c(OC)cc3C1)C2=O. The van der Waals surface area contributed by atoms with Crippen molar-refractivity contribution in [2.45, 2.75) is 19.3 Å². The largest absolute Gasteiger partial charge is 0.497 e. The molecule has 124 valence electrons. The molecule has 0 bridgehead atoms. The molecular formula is C20H20O4. The Labute approximate surface area is 141 Å². The van der Waals surface area contributed by atoms with E-state index in [0.717, 1.165) is 47.6 Å². The minimum atomic E-state index is -0.367. The zero-order valence-electron chi connectivity index (χ0n) is 14.1. The van der Waals surface area contributed by atoms with Gasteiger partial charge in [-0.25, -0.2) is 0 Å². The molecule has 0 unspecified atom stereocenters. The Morgan fingerprint density at radius 3 is 1.92 bits per heavy atom. The van der Waals surface area contributed by atoms with Crippen LogP contribution in [0.3, 0.4) is 0 Å². The van der Waals surface area contributed by atoms with Crippen LogP contribution in [0.15, 0.2) is 30.3 Å². The number of methoxy groups -OCH3 is 3. The van der Waals surface area contributed by atoms with Crippen molar-refractivity contribution in [3.8, 4) is 17.2 Å². The summed E-state index contributed by atoms with van der Waals surface area (Å²) in [5.41, 5.74) is 3.92. The van der Waals surface area contributed by atoms with Crippen molar-refractivity contribution in [1.29, 1.82) is 0 Å². The number of hydrogen-bond acceptors (Lipinski definition) is 4. The number of Topliss-reactive ketones (excluding diaryl/α,β-unsaturated/α-hetero) is 1. The maximum atomic E-state index is 13.1. The highest BCUT2D eigenvalue weighted by molar-refractivity contribution is 6.06. The van der Waals surface area contributed by atoms with Crippen molar-refractivity contribution in [3.63, 3.8) is 0 Å². The first-order chi connectivity index (χ1) is 11.6. The van der Waals surface area contributed by atoms with E-state index in [4.69, 9.17) is 14.2 Å². The van der Waals surface area contributed by atoms with Crippen LogP contribution < -0.4 is 14.2 Å². The summed E-state index contributed by atoms with van der Waals surface area (Å²) >= 11 is 0. The first-order valence-corrected chi connectivity index (χ1v) is 8.06. The van der Waals surface area contributed by atoms with Crippen LogP contribution in [-0.4, -0.2) is 27.1 Å². The second kappa shape index (κ2) is 5.26. The summed E-state index contributed by atoms with van der Waals surface area (Å²) in [6.07, 6.45) is 2.26. The quantitative estimate of drug-likeness (QED) is 0.869. The highest BCUT2D eigenvalue weighted by atomic mass is 16.5. The fraction of sp³-hybridized carbons (Fsp3) is 0.350. The molecule has 0 N–H and O–H groups in total. The standard InChI is InChI=1S/C20H20O4/c1-22-15-4-5-16-14(6-15)11-20(19(16)21)9-12-7-17(23-2)18(24-3)8-13(12)10-20/h4-8H,9-11H2,1-3H3. The van der Waals surface area contributed by atoms with Crippen LogP contribution in [0.2, 0.25) is 0 Å². The molecule has 0 saturated carbocycles. The molecule has 24 heavy (non-hydrogen) atoms. The first-order valence-electron chi connectivity index (χ1n) is 8.06. The number of ether oxygens (including phenoxy) is 3. The lowest BCUT2D eigenvalue weighted by atomic mass is 9.81. The molecular weight excluding hydrogens is 304 g/mol. The Hall–Kier alpha value is -2.49. The van der Waals surface area contributed by atoms with E-state index in [1.54, 1.807) is 21.3 Å². The molecule has 0 fully saturated rings. The van der Waals surface area contributed by atoms with Gasteiger partial charge in [0.2, 0.25) is 0 Å². The summed E-state index contributed by atoms with van der Waals surface area (Å²) in [7, 11) is 4.92. The van der Waals surface area contributed by atoms with Crippen LogP contribution in [0, 0.1) is 5.41 Å². The van der Waals surface area contributed by atoms with E-state index in [-0.39, 0.29) is 11.2 Å². The number of ketones is 1. The monoisotopic (exact) mass is 324 g/mol. The lowest BCUT2D eigenvalue weighted by Crippen LogP contribution is -2.28. The summed E-state index contributed by atoms with van der Waals surface area (Å²) in [5.74, 6) is 2.49. The van der Waals surface area contributed by atoms with Crippen molar-refractivity contribution in [2.24, 2.45) is 5.41 Å². The number of carbonyl (C=O) groups excluding carboxylic acids is 1. The van der Waals surface area contributed by atoms with Crippen LogP contribution in [0.4, 0.5) is 0 Å². The molecule has 4 nitrogen and oxygen atoms in total. The molecule has 0 saturated heterocycles. The van der Waals surface area contributed by atoms with E-state index in [1.807, 2.05) is 30.3 Å². The topological polar surface area (TPSA) is 44.8 Å². The molecule has 2 aromatic rings. The van der Waals surface area contributed by atoms with Gasteiger partial charge in [0.05, 0.1) is 21.3 Å². The van der Waals surface area contributed by atoms with Crippen LogP contribution in [0.25, 0.3) is 0 Å². The third kappa shape index (κ3) is 2.02. The average molecular weight is 324 g/mol. The fourth-order valence-corrected chi connectivity index (χ4v) is 4.16. The van der Waals surface area contributed by atoms with Gasteiger partial charge in [-0.2, -0.15) is 0 Å². The molecule has 4 rings (SSSR count). The lowest BCUT2D eigenvalue weighted by Gasteiger charge is -2.20. The second-order valence-electron chi connectivity index (χ2n) is 6.64. The Kier molecular flexibility index (Phi) is 3.30. The highest BCUT2D eigenvalue weighted by Gasteiger charge is 2.49. The van der Waals surface area contributed by atoms with E-state index in [1.165, 1.54) is 11.1 Å². The maximum absolute atomic E-state index is 13.1. The smallest absolute Gasteiger partial charge is 0.170 e. The van der Waals surface area contributed by atoms with Crippen LogP contribution >= 0.6 is 0 Å². The van der Waals surface area contributed by atoms with Crippen molar-refractivity contribution in [3.05, 3.63) is 52.6 Å². The Bertz CT molecular complexity index is 805. The van der Waals surface area contributed by atoms with E-state index in [2.05, 4.69) is 0 Å². The van der Waals surface area contributed by atoms with Gasteiger partial charge in [-0.15, -0.1) is 0 Å². The van der Waals surface area contributed by atoms with Crippen molar-refractivity contribution < 1.29 is 19.0 Å². The molecule has 1 spiro atoms. The van der Waals surface area contributed by atoms with E-state index in [0.29, 0.717) is 0 Å². The van der Waals surface area contributed by atoms with Gasteiger partial charge in [-0.3, -0.25) is 4.79 Å². The van der Waals surface area contributed by atoms with Crippen LogP contribution in [-0.2, 0) is 19.3 Å². The Balaban J connectivity index is 1.73. The summed E-state index contributed by atoms with van der Waals surface area (Å²) in [4.78, 5) is 13.1. The van der Waals surface area contributed by atoms with Gasteiger partial charge in [-0.1, -0.05) is 0 Å². The zero-order chi connectivity index (χ0) is 16.9. The second-order valence-corrected chi connectivity index (χ2v) is 6.64. The third-order valence-electron chi connectivity index (χ3n) is 5.33. The van der Waals surface area contributed by atoms with Gasteiger partial charge in [0.15, 0.2) is 17.3 Å². The van der Waals surface area contributed by atoms with Gasteiger partial charge in [0.25, 0.3) is 0 Å². The molecule has 0 radical (unpaired) electrons. The Morgan fingerprint density at radius 1 is 0.792 bits per heavy atom. The van der Waals surface area contributed by atoms with E-state index in [9.17, 15) is 4.79 Å². The molecule has 0 heterocycles. The van der Waals surface area contributed by atoms with Gasteiger partial charge in [0.1, 0.15) is 5.75 Å². The normalized spacial score (nSPS) is 16.9. The molecule has 0 amide bonds. The van der Waals surface area contributed by atoms with Gasteiger partial charge < -0.3 is 14.2 Å². The van der Waals surface area contributed by atoms with Crippen LogP contribution in [0.1, 0.15) is 27.0 Å². The van der Waals surface area contributed by atoms with Gasteiger partial charge in [-0.05, 0) is 66.3 Å². The molecule has 4 heteroatoms. The summed E-state index contributed by atoms with van der Waals surface area (Å²) in [6.45, 7) is 0. The number of rotatable bonds is 3. The Morgan fingerprint density at radius 2 is 1.38 bits per heavy atom. The number of fused-ring (bicyclic) bond motifs is 2. The average Bonchev–Trinajstić information content (AvgIpc) is 3.09. The molecule has 0 aliphatic heterocycles. The minimum absolute atomic E-state index is 0.245. The molecule has 0 atom stereocenters. The van der Waals surface area contributed by atoms with E-state index < -0.39 is 0 Å². The minimum Gasteiger partial charge on any atom is -0.497 e. The lowest BCUT2D eigenvalue weighted by molar-refractivity contribution is 0.0831. The first kappa shape index (κ1) is 15.1. The van der Waals surface area contributed by atoms with Crippen molar-refractivity contribution >= 4 is 5.78 Å². The number of hydrogen-bond donors (Lipinski definition) is 0. The maximum Gasteiger partial charge on any atom is 0.170 e. The summed E-state index contributed by atoms with van der Waals surface area (Å²) < 4.78 is 16.1. The molecule has 2 aromatic carbocycles. The van der Waals surface area contributed by atoms with Gasteiger partial charge >= 0.3 is 0 Å². The summed E-state index contributed by atoms with van der Waals surface area (Å²) in [6, 6.07) is 9.78. The third-order valence-corrected chi connectivity index (χ3v) is 5.33. The van der Waals surface area contributed by atoms with Crippen molar-refractivity contribution in [1.82, 2.24) is 0 Å². The number of benzene rings is 2. The predicted octanol–water partition coefficient (Wildman–Crippen LogP) is 3.24. The summed E-state index contributed by atoms with van der Waals surface area (Å²) in [5, 5.41) is 0. The van der Waals surface area contributed by atoms with Crippen molar-refractivity contribution in [2.75, 3.05) is 21.3 Å². The fourth-order valence-electron chi connectivity index (χ4n) is 4.16. The molecule has 2 aliphatic rings. The number of carbonyl (C=O) groups is 1. The van der Waals surface area contributed by atoms with Gasteiger partial charge in [0, 0.05) is 11.0 Å². The van der Waals surface area contributed by atoms with E-state index >= 15 is 0 Å². The molecule has 0 aromatic heterocycles. The highest BCUT2D eigenvalue weighted by Crippen LogP contribution is 2.49. The predicted molar refractivity (Wildman–Crippen MR) is 90.4 cm³/mol. The zero-order valence-corrected chi connectivity index (χ0v) is 14.1. The molecule has 2 aliphatic carbocycles.